The van der Waals surface area contributed by atoms with Crippen LogP contribution in [-0.4, -0.2) is 28.0 Å². The molecule has 3 aromatic rings. The number of hydrogen-bond donors (Lipinski definition) is 0. The number of benzene rings is 1. The molecule has 3 rings (SSSR count). The lowest BCUT2D eigenvalue weighted by Crippen LogP contribution is -2.04. The lowest BCUT2D eigenvalue weighted by molar-refractivity contribution is 0.102. The Morgan fingerprint density at radius 3 is 3.00 bits per heavy atom. The Morgan fingerprint density at radius 1 is 1.36 bits per heavy atom. The van der Waals surface area contributed by atoms with Gasteiger partial charge in [-0.25, -0.2) is 9.37 Å². The zero-order valence-corrected chi connectivity index (χ0v) is 12.6. The Balaban J connectivity index is 1.73. The summed E-state index contributed by atoms with van der Waals surface area (Å²) in [5.41, 5.74) is 1.29. The van der Waals surface area contributed by atoms with Gasteiger partial charge < -0.3 is 4.74 Å². The summed E-state index contributed by atoms with van der Waals surface area (Å²) in [4.78, 5) is 16.4. The molecule has 0 fully saturated rings. The highest BCUT2D eigenvalue weighted by Gasteiger charge is 2.12. The van der Waals surface area contributed by atoms with Crippen LogP contribution in [0.15, 0.2) is 53.9 Å². The highest BCUT2D eigenvalue weighted by molar-refractivity contribution is 7.99. The van der Waals surface area contributed by atoms with Crippen molar-refractivity contribution in [1.29, 1.82) is 0 Å². The van der Waals surface area contributed by atoms with Crippen LogP contribution in [0.3, 0.4) is 0 Å². The van der Waals surface area contributed by atoms with Crippen LogP contribution in [0.5, 0.6) is 5.75 Å². The lowest BCUT2D eigenvalue weighted by Gasteiger charge is -2.04. The molecule has 112 valence electrons. The molecule has 1 aromatic carbocycles. The number of ether oxygens (including phenoxy) is 1. The first kappa shape index (κ1) is 14.6. The molecule has 0 unspecified atom stereocenters. The van der Waals surface area contributed by atoms with E-state index >= 15 is 0 Å². The summed E-state index contributed by atoms with van der Waals surface area (Å²) >= 11 is 1.32. The average Bonchev–Trinajstić information content (AvgIpc) is 2.95. The highest BCUT2D eigenvalue weighted by Crippen LogP contribution is 2.22. The Morgan fingerprint density at radius 2 is 2.23 bits per heavy atom. The first-order valence-corrected chi connectivity index (χ1v) is 7.59. The van der Waals surface area contributed by atoms with E-state index in [1.807, 2.05) is 28.8 Å². The Bertz CT molecular complexity index is 832. The quantitative estimate of drug-likeness (QED) is 0.534. The number of halogens is 1. The fourth-order valence-electron chi connectivity index (χ4n) is 2.08. The van der Waals surface area contributed by atoms with Gasteiger partial charge in [0.1, 0.15) is 0 Å². The van der Waals surface area contributed by atoms with Gasteiger partial charge in [-0.2, -0.15) is 0 Å². The van der Waals surface area contributed by atoms with Crippen LogP contribution in [0.1, 0.15) is 10.4 Å². The van der Waals surface area contributed by atoms with E-state index in [1.165, 1.54) is 31.0 Å². The largest absolute Gasteiger partial charge is 0.494 e. The van der Waals surface area contributed by atoms with Gasteiger partial charge in [0.15, 0.2) is 22.5 Å². The number of carbonyl (C=O) groups is 1. The van der Waals surface area contributed by atoms with Crippen LogP contribution in [0.4, 0.5) is 4.39 Å². The predicted molar refractivity (Wildman–Crippen MR) is 83.2 cm³/mol. The molecule has 0 atom stereocenters. The zero-order valence-electron chi connectivity index (χ0n) is 11.8. The topological polar surface area (TPSA) is 43.6 Å². The summed E-state index contributed by atoms with van der Waals surface area (Å²) in [6, 6.07) is 9.99. The first-order valence-electron chi connectivity index (χ1n) is 6.60. The third-order valence-corrected chi connectivity index (χ3v) is 4.18. The number of thioether (sulfide) groups is 1. The SMILES string of the molecule is COc1ccc(C(=O)CSc2ncc3ccccn23)cc1F. The molecule has 4 nitrogen and oxygen atoms in total. The maximum Gasteiger partial charge on any atom is 0.173 e. The molecule has 0 saturated carbocycles. The summed E-state index contributed by atoms with van der Waals surface area (Å²) in [5.74, 6) is -0.368. The van der Waals surface area contributed by atoms with Crippen molar-refractivity contribution in [2.45, 2.75) is 5.16 Å². The standard InChI is InChI=1S/C16H13FN2O2S/c1-21-15-6-5-11(8-13(15)17)14(20)10-22-16-18-9-12-4-2-3-7-19(12)16/h2-9H,10H2,1H3. The number of fused-ring (bicyclic) bond motifs is 1. The van der Waals surface area contributed by atoms with Crippen molar-refractivity contribution >= 4 is 23.1 Å². The molecule has 22 heavy (non-hydrogen) atoms. The van der Waals surface area contributed by atoms with E-state index in [9.17, 15) is 9.18 Å². The van der Waals surface area contributed by atoms with Crippen molar-refractivity contribution < 1.29 is 13.9 Å². The zero-order chi connectivity index (χ0) is 15.5. The second-order valence-electron chi connectivity index (χ2n) is 4.60. The number of rotatable bonds is 5. The third-order valence-electron chi connectivity index (χ3n) is 3.21. The molecule has 2 heterocycles. The molecule has 0 bridgehead atoms. The molecular weight excluding hydrogens is 303 g/mol. The molecule has 0 saturated heterocycles. The van der Waals surface area contributed by atoms with Crippen LogP contribution in [0, 0.1) is 5.82 Å². The smallest absolute Gasteiger partial charge is 0.173 e. The molecule has 6 heteroatoms. The predicted octanol–water partition coefficient (Wildman–Crippen LogP) is 3.46. The van der Waals surface area contributed by atoms with Gasteiger partial charge in [-0.1, -0.05) is 17.8 Å². The number of nitrogens with zero attached hydrogens (tertiary/aromatic N) is 2. The summed E-state index contributed by atoms with van der Waals surface area (Å²) in [6.07, 6.45) is 3.64. The Kier molecular flexibility index (Phi) is 4.11. The maximum atomic E-state index is 13.6. The van der Waals surface area contributed by atoms with Crippen LogP contribution in [0.2, 0.25) is 0 Å². The van der Waals surface area contributed by atoms with E-state index in [-0.39, 0.29) is 17.3 Å². The molecule has 0 spiro atoms. The van der Waals surface area contributed by atoms with E-state index in [4.69, 9.17) is 4.74 Å². The van der Waals surface area contributed by atoms with Crippen molar-refractivity contribution in [3.63, 3.8) is 0 Å². The normalized spacial score (nSPS) is 10.8. The number of ketones is 1. The van der Waals surface area contributed by atoms with Crippen molar-refractivity contribution in [2.24, 2.45) is 0 Å². The molecule has 0 aliphatic carbocycles. The van der Waals surface area contributed by atoms with Crippen molar-refractivity contribution in [2.75, 3.05) is 12.9 Å². The fourth-order valence-corrected chi connectivity index (χ4v) is 2.94. The summed E-state index contributed by atoms with van der Waals surface area (Å²) < 4.78 is 20.4. The van der Waals surface area contributed by atoms with Crippen LogP contribution in [-0.2, 0) is 0 Å². The van der Waals surface area contributed by atoms with Crippen molar-refractivity contribution in [1.82, 2.24) is 9.38 Å². The van der Waals surface area contributed by atoms with E-state index in [0.29, 0.717) is 5.56 Å². The van der Waals surface area contributed by atoms with E-state index < -0.39 is 5.82 Å². The maximum absolute atomic E-state index is 13.6. The number of aromatic nitrogens is 2. The minimum Gasteiger partial charge on any atom is -0.494 e. The molecule has 0 radical (unpaired) electrons. The second-order valence-corrected chi connectivity index (χ2v) is 5.54. The summed E-state index contributed by atoms with van der Waals surface area (Å²) in [6.45, 7) is 0. The number of carbonyl (C=O) groups excluding carboxylic acids is 1. The number of pyridine rings is 1. The molecule has 2 aromatic heterocycles. The second kappa shape index (κ2) is 6.19. The monoisotopic (exact) mass is 316 g/mol. The van der Waals surface area contributed by atoms with Gasteiger partial charge in [0, 0.05) is 11.8 Å². The van der Waals surface area contributed by atoms with E-state index in [2.05, 4.69) is 4.98 Å². The van der Waals surface area contributed by atoms with Gasteiger partial charge in [0.25, 0.3) is 0 Å². The van der Waals surface area contributed by atoms with Gasteiger partial charge in [-0.3, -0.25) is 9.20 Å². The number of methoxy groups -OCH3 is 1. The Labute approximate surface area is 130 Å². The number of imidazole rings is 1. The molecule has 0 aliphatic heterocycles. The minimum atomic E-state index is -0.537. The minimum absolute atomic E-state index is 0.128. The Hall–Kier alpha value is -2.34. The van der Waals surface area contributed by atoms with Crippen LogP contribution < -0.4 is 4.74 Å². The van der Waals surface area contributed by atoms with E-state index in [1.54, 1.807) is 12.3 Å². The molecule has 0 amide bonds. The van der Waals surface area contributed by atoms with Gasteiger partial charge >= 0.3 is 0 Å². The molecule has 0 N–H and O–H groups in total. The van der Waals surface area contributed by atoms with Gasteiger partial charge in [-0.15, -0.1) is 0 Å². The number of Topliss-reactive ketones (excluding diaryl/α,β-unsaturated/α-hetero) is 1. The van der Waals surface area contributed by atoms with Crippen LogP contribution >= 0.6 is 11.8 Å². The molecule has 0 aliphatic rings. The van der Waals surface area contributed by atoms with Gasteiger partial charge in [-0.05, 0) is 30.3 Å². The fraction of sp³-hybridized carbons (Fsp3) is 0.125. The average molecular weight is 316 g/mol. The number of hydrogen-bond acceptors (Lipinski definition) is 4. The highest BCUT2D eigenvalue weighted by atomic mass is 32.2. The molecular formula is C16H13FN2O2S. The van der Waals surface area contributed by atoms with Crippen LogP contribution in [0.25, 0.3) is 5.52 Å². The van der Waals surface area contributed by atoms with E-state index in [0.717, 1.165) is 10.7 Å². The van der Waals surface area contributed by atoms with Crippen molar-refractivity contribution in [3.05, 3.63) is 60.2 Å². The summed E-state index contributed by atoms with van der Waals surface area (Å²) in [7, 11) is 1.39. The van der Waals surface area contributed by atoms with Crippen molar-refractivity contribution in [3.8, 4) is 5.75 Å². The lowest BCUT2D eigenvalue weighted by atomic mass is 10.1. The third kappa shape index (κ3) is 2.82. The summed E-state index contributed by atoms with van der Waals surface area (Å²) in [5, 5.41) is 0.734. The first-order chi connectivity index (χ1) is 10.7. The van der Waals surface area contributed by atoms with Gasteiger partial charge in [0.2, 0.25) is 0 Å². The van der Waals surface area contributed by atoms with Gasteiger partial charge in [0.05, 0.1) is 24.6 Å².